The molecule has 0 amide bonds. The van der Waals surface area contributed by atoms with Gasteiger partial charge in [0.25, 0.3) is 0 Å². The third kappa shape index (κ3) is 2.43. The number of carboxylic acid groups (broad SMARTS) is 1. The van der Waals surface area contributed by atoms with Crippen molar-refractivity contribution >= 4 is 16.9 Å². The molecule has 1 aliphatic heterocycles. The van der Waals surface area contributed by atoms with Crippen LogP contribution in [0.4, 0.5) is 0 Å². The maximum atomic E-state index is 11.2. The Bertz CT molecular complexity index is 891. The molecule has 2 aromatic heterocycles. The Labute approximate surface area is 133 Å². The fourth-order valence-electron chi connectivity index (χ4n) is 3.38. The van der Waals surface area contributed by atoms with Crippen LogP contribution in [0.25, 0.3) is 10.9 Å². The first-order valence-corrected chi connectivity index (χ1v) is 7.74. The van der Waals surface area contributed by atoms with Gasteiger partial charge < -0.3 is 14.5 Å². The van der Waals surface area contributed by atoms with Crippen molar-refractivity contribution in [2.75, 3.05) is 6.54 Å². The normalized spacial score (nSPS) is 15.0. The van der Waals surface area contributed by atoms with Gasteiger partial charge >= 0.3 is 5.97 Å². The average molecular weight is 310 g/mol. The number of aromatic amines is 1. The highest BCUT2D eigenvalue weighted by molar-refractivity contribution is 5.88. The van der Waals surface area contributed by atoms with E-state index in [1.165, 1.54) is 40.1 Å². The second-order valence-electron chi connectivity index (χ2n) is 6.15. The molecule has 5 heteroatoms. The van der Waals surface area contributed by atoms with Crippen molar-refractivity contribution in [3.05, 3.63) is 58.7 Å². The van der Waals surface area contributed by atoms with Crippen LogP contribution in [0.1, 0.15) is 32.9 Å². The zero-order valence-electron chi connectivity index (χ0n) is 12.9. The summed E-state index contributed by atoms with van der Waals surface area (Å²) in [4.78, 5) is 17.0. The number of nitrogens with zero attached hydrogens (tertiary/aromatic N) is 1. The number of furan rings is 1. The van der Waals surface area contributed by atoms with E-state index >= 15 is 0 Å². The number of fused-ring (bicyclic) bond motifs is 3. The minimum absolute atomic E-state index is 0.255. The summed E-state index contributed by atoms with van der Waals surface area (Å²) in [6.45, 7) is 4.31. The van der Waals surface area contributed by atoms with Crippen LogP contribution < -0.4 is 0 Å². The molecule has 0 bridgehead atoms. The minimum atomic E-state index is -0.936. The molecule has 0 saturated carbocycles. The molecule has 0 atom stereocenters. The molecule has 3 aromatic rings. The lowest BCUT2D eigenvalue weighted by Crippen LogP contribution is -2.30. The van der Waals surface area contributed by atoms with Gasteiger partial charge in [0.1, 0.15) is 11.3 Å². The second-order valence-corrected chi connectivity index (χ2v) is 6.15. The largest absolute Gasteiger partial charge is 0.478 e. The van der Waals surface area contributed by atoms with Crippen molar-refractivity contribution in [3.63, 3.8) is 0 Å². The minimum Gasteiger partial charge on any atom is -0.478 e. The number of hydrogen-bond acceptors (Lipinski definition) is 3. The molecule has 5 nitrogen and oxygen atoms in total. The number of carbonyl (C=O) groups is 1. The summed E-state index contributed by atoms with van der Waals surface area (Å²) >= 11 is 0. The molecule has 118 valence electrons. The molecule has 4 rings (SSSR count). The summed E-state index contributed by atoms with van der Waals surface area (Å²) in [6, 6.07) is 7.97. The first-order chi connectivity index (χ1) is 11.1. The van der Waals surface area contributed by atoms with Gasteiger partial charge in [-0.15, -0.1) is 0 Å². The van der Waals surface area contributed by atoms with Crippen LogP contribution in [-0.2, 0) is 19.5 Å². The van der Waals surface area contributed by atoms with E-state index in [0.29, 0.717) is 12.3 Å². The van der Waals surface area contributed by atoms with E-state index in [0.717, 1.165) is 19.5 Å². The molecule has 0 fully saturated rings. The summed E-state index contributed by atoms with van der Waals surface area (Å²) in [5.41, 5.74) is 5.28. The van der Waals surface area contributed by atoms with Gasteiger partial charge in [-0.1, -0.05) is 11.6 Å². The maximum Gasteiger partial charge on any atom is 0.339 e. The van der Waals surface area contributed by atoms with Crippen molar-refractivity contribution in [1.29, 1.82) is 0 Å². The van der Waals surface area contributed by atoms with Gasteiger partial charge in [-0.25, -0.2) is 4.79 Å². The van der Waals surface area contributed by atoms with Crippen LogP contribution in [0.5, 0.6) is 0 Å². The van der Waals surface area contributed by atoms with Crippen LogP contribution in [0.15, 0.2) is 34.9 Å². The van der Waals surface area contributed by atoms with E-state index in [-0.39, 0.29) is 5.56 Å². The SMILES string of the molecule is Cc1ccc2[nH]c3c(c2c1)CN(Cc1occc1C(=O)O)CC3. The molecule has 1 aliphatic rings. The number of aryl methyl sites for hydroxylation is 1. The maximum absolute atomic E-state index is 11.2. The third-order valence-corrected chi connectivity index (χ3v) is 4.55. The topological polar surface area (TPSA) is 69.5 Å². The molecule has 2 N–H and O–H groups in total. The molecule has 3 heterocycles. The van der Waals surface area contributed by atoms with Crippen LogP contribution in [0, 0.1) is 6.92 Å². The molecule has 0 aliphatic carbocycles. The van der Waals surface area contributed by atoms with Gasteiger partial charge in [0, 0.05) is 36.1 Å². The number of benzene rings is 1. The summed E-state index contributed by atoms with van der Waals surface area (Å²) in [5, 5.41) is 10.5. The molecule has 0 radical (unpaired) electrons. The second kappa shape index (κ2) is 5.28. The van der Waals surface area contributed by atoms with Gasteiger partial charge in [0.15, 0.2) is 0 Å². The standard InChI is InChI=1S/C18H18N2O3/c1-11-2-3-15-13(8-11)14-9-20(6-4-16(14)19-15)10-17-12(18(21)22)5-7-23-17/h2-3,5,7-8,19H,4,6,9-10H2,1H3,(H,21,22). The lowest BCUT2D eigenvalue weighted by molar-refractivity contribution is 0.0692. The number of nitrogens with one attached hydrogen (secondary N) is 1. The Morgan fingerprint density at radius 2 is 2.26 bits per heavy atom. The Morgan fingerprint density at radius 1 is 1.39 bits per heavy atom. The van der Waals surface area contributed by atoms with Crippen LogP contribution in [0.3, 0.4) is 0 Å². The van der Waals surface area contributed by atoms with Gasteiger partial charge in [0.2, 0.25) is 0 Å². The highest BCUT2D eigenvalue weighted by Gasteiger charge is 2.23. The Kier molecular flexibility index (Phi) is 3.23. The van der Waals surface area contributed by atoms with E-state index in [1.54, 1.807) is 0 Å². The third-order valence-electron chi connectivity index (χ3n) is 4.55. The summed E-state index contributed by atoms with van der Waals surface area (Å²) in [6.07, 6.45) is 2.38. The van der Waals surface area contributed by atoms with E-state index in [9.17, 15) is 9.90 Å². The fourth-order valence-corrected chi connectivity index (χ4v) is 3.38. The monoisotopic (exact) mass is 310 g/mol. The van der Waals surface area contributed by atoms with Gasteiger partial charge in [-0.05, 0) is 30.7 Å². The predicted octanol–water partition coefficient (Wildman–Crippen LogP) is 3.33. The first-order valence-electron chi connectivity index (χ1n) is 7.74. The predicted molar refractivity (Wildman–Crippen MR) is 86.5 cm³/mol. The van der Waals surface area contributed by atoms with Crippen molar-refractivity contribution in [2.24, 2.45) is 0 Å². The number of hydrogen-bond donors (Lipinski definition) is 2. The Morgan fingerprint density at radius 3 is 3.09 bits per heavy atom. The number of carboxylic acids is 1. The number of aromatic nitrogens is 1. The average Bonchev–Trinajstić information content (AvgIpc) is 3.11. The molecular weight excluding hydrogens is 292 g/mol. The van der Waals surface area contributed by atoms with E-state index in [2.05, 4.69) is 35.0 Å². The molecule has 0 saturated heterocycles. The fraction of sp³-hybridized carbons (Fsp3) is 0.278. The van der Waals surface area contributed by atoms with Gasteiger partial charge in [0.05, 0.1) is 12.8 Å². The first kappa shape index (κ1) is 14.1. The summed E-state index contributed by atoms with van der Waals surface area (Å²) in [5.74, 6) is -0.411. The zero-order chi connectivity index (χ0) is 16.0. The quantitative estimate of drug-likeness (QED) is 0.778. The Hall–Kier alpha value is -2.53. The lowest BCUT2D eigenvalue weighted by atomic mass is 10.0. The van der Waals surface area contributed by atoms with Crippen LogP contribution in [0.2, 0.25) is 0 Å². The highest BCUT2D eigenvalue weighted by Crippen LogP contribution is 2.29. The summed E-state index contributed by atoms with van der Waals surface area (Å²) in [7, 11) is 0. The number of aromatic carboxylic acids is 1. The Balaban J connectivity index is 1.63. The molecule has 0 unspecified atom stereocenters. The molecule has 23 heavy (non-hydrogen) atoms. The van der Waals surface area contributed by atoms with Crippen molar-refractivity contribution in [3.8, 4) is 0 Å². The van der Waals surface area contributed by atoms with E-state index in [1.807, 2.05) is 0 Å². The lowest BCUT2D eigenvalue weighted by Gasteiger charge is -2.26. The van der Waals surface area contributed by atoms with E-state index < -0.39 is 5.97 Å². The van der Waals surface area contributed by atoms with Crippen molar-refractivity contribution in [2.45, 2.75) is 26.4 Å². The molecule has 0 spiro atoms. The molecular formula is C18H18N2O3. The highest BCUT2D eigenvalue weighted by atomic mass is 16.4. The smallest absolute Gasteiger partial charge is 0.339 e. The van der Waals surface area contributed by atoms with Crippen molar-refractivity contribution < 1.29 is 14.3 Å². The summed E-state index contributed by atoms with van der Waals surface area (Å²) < 4.78 is 5.37. The van der Waals surface area contributed by atoms with Crippen LogP contribution in [-0.4, -0.2) is 27.5 Å². The number of H-pyrrole nitrogens is 1. The van der Waals surface area contributed by atoms with Gasteiger partial charge in [-0.2, -0.15) is 0 Å². The van der Waals surface area contributed by atoms with Crippen LogP contribution >= 0.6 is 0 Å². The van der Waals surface area contributed by atoms with E-state index in [4.69, 9.17) is 4.42 Å². The zero-order valence-corrected chi connectivity index (χ0v) is 12.9. The number of rotatable bonds is 3. The van der Waals surface area contributed by atoms with Crippen molar-refractivity contribution in [1.82, 2.24) is 9.88 Å². The van der Waals surface area contributed by atoms with Gasteiger partial charge in [-0.3, -0.25) is 4.90 Å². The molecule has 1 aromatic carbocycles.